The van der Waals surface area contributed by atoms with Gasteiger partial charge in [0, 0.05) is 12.6 Å². The van der Waals surface area contributed by atoms with Gasteiger partial charge in [0.1, 0.15) is 11.6 Å². The molecule has 4 heteroatoms. The third-order valence-electron chi connectivity index (χ3n) is 3.55. The Bertz CT molecular complexity index is 457. The maximum absolute atomic E-state index is 7.62. The Morgan fingerprint density at radius 2 is 2.00 bits per heavy atom. The topological polar surface area (TPSA) is 62.3 Å². The molecule has 20 heavy (non-hydrogen) atoms. The Kier molecular flexibility index (Phi) is 6.02. The monoisotopic (exact) mass is 277 g/mol. The predicted molar refractivity (Wildman–Crippen MR) is 84.4 cm³/mol. The first kappa shape index (κ1) is 16.5. The molecular weight excluding hydrogens is 250 g/mol. The van der Waals surface area contributed by atoms with Crippen LogP contribution in [0.1, 0.15) is 38.3 Å². The van der Waals surface area contributed by atoms with Crippen LogP contribution >= 0.6 is 0 Å². The van der Waals surface area contributed by atoms with E-state index in [1.807, 2.05) is 18.2 Å². The number of nitrogens with two attached hydrogens (primary N) is 1. The zero-order chi connectivity index (χ0) is 15.3. The average molecular weight is 277 g/mol. The normalized spacial score (nSPS) is 12.8. The predicted octanol–water partition coefficient (Wildman–Crippen LogP) is 2.85. The third-order valence-corrected chi connectivity index (χ3v) is 3.55. The number of ether oxygens (including phenoxy) is 1. The maximum Gasteiger partial charge on any atom is 0.129 e. The third kappa shape index (κ3) is 4.53. The minimum Gasteiger partial charge on any atom is -0.496 e. The summed E-state index contributed by atoms with van der Waals surface area (Å²) in [4.78, 5) is 2.33. The van der Waals surface area contributed by atoms with E-state index in [4.69, 9.17) is 15.9 Å². The first-order valence-corrected chi connectivity index (χ1v) is 7.06. The van der Waals surface area contributed by atoms with Gasteiger partial charge >= 0.3 is 0 Å². The van der Waals surface area contributed by atoms with Crippen LogP contribution < -0.4 is 10.5 Å². The maximum atomic E-state index is 7.62. The van der Waals surface area contributed by atoms with Gasteiger partial charge in [-0.1, -0.05) is 19.9 Å². The lowest BCUT2D eigenvalue weighted by atomic mass is 10.0. The second-order valence-corrected chi connectivity index (χ2v) is 5.84. The summed E-state index contributed by atoms with van der Waals surface area (Å²) in [6.07, 6.45) is 1.17. The highest BCUT2D eigenvalue weighted by Crippen LogP contribution is 2.21. The Balaban J connectivity index is 2.82. The molecule has 0 aliphatic heterocycles. The fourth-order valence-corrected chi connectivity index (χ4v) is 2.37. The molecule has 0 saturated carbocycles. The molecule has 0 amide bonds. The van der Waals surface area contributed by atoms with Gasteiger partial charge in [-0.2, -0.15) is 0 Å². The van der Waals surface area contributed by atoms with Crippen molar-refractivity contribution in [3.63, 3.8) is 0 Å². The molecule has 1 aromatic carbocycles. The molecule has 0 heterocycles. The molecule has 0 bridgehead atoms. The Morgan fingerprint density at radius 1 is 1.35 bits per heavy atom. The lowest BCUT2D eigenvalue weighted by molar-refractivity contribution is 0.220. The summed E-state index contributed by atoms with van der Waals surface area (Å²) in [5.41, 5.74) is 7.41. The van der Waals surface area contributed by atoms with Crippen molar-refractivity contribution in [2.24, 2.45) is 11.7 Å². The molecule has 112 valence electrons. The van der Waals surface area contributed by atoms with Crippen LogP contribution in [0.5, 0.6) is 5.75 Å². The molecule has 1 atom stereocenters. The molecule has 0 aliphatic carbocycles. The summed E-state index contributed by atoms with van der Waals surface area (Å²) >= 11 is 0. The fourth-order valence-electron chi connectivity index (χ4n) is 2.37. The van der Waals surface area contributed by atoms with Crippen molar-refractivity contribution in [1.29, 1.82) is 5.41 Å². The van der Waals surface area contributed by atoms with Crippen LogP contribution in [0.15, 0.2) is 18.2 Å². The standard InChI is InChI=1S/C16H27N3O/c1-11(2)8-12(3)19(4)10-13-6-7-15(20-5)14(9-13)16(17)18/h6-7,9,11-12H,8,10H2,1-5H3,(H3,17,18). The van der Waals surface area contributed by atoms with E-state index in [0.29, 0.717) is 23.3 Å². The Hall–Kier alpha value is -1.55. The molecule has 1 unspecified atom stereocenters. The van der Waals surface area contributed by atoms with E-state index >= 15 is 0 Å². The van der Waals surface area contributed by atoms with E-state index < -0.39 is 0 Å². The fraction of sp³-hybridized carbons (Fsp3) is 0.562. The van der Waals surface area contributed by atoms with Crippen LogP contribution in [-0.4, -0.2) is 30.9 Å². The smallest absolute Gasteiger partial charge is 0.129 e. The van der Waals surface area contributed by atoms with Crippen LogP contribution in [0.4, 0.5) is 0 Å². The first-order chi connectivity index (χ1) is 9.35. The van der Waals surface area contributed by atoms with Crippen LogP contribution in [-0.2, 0) is 6.54 Å². The quantitative estimate of drug-likeness (QED) is 0.595. The number of methoxy groups -OCH3 is 1. The van der Waals surface area contributed by atoms with Crippen molar-refractivity contribution in [2.45, 2.75) is 39.8 Å². The Labute approximate surface area is 122 Å². The number of hydrogen-bond donors (Lipinski definition) is 2. The van der Waals surface area contributed by atoms with Crippen molar-refractivity contribution >= 4 is 5.84 Å². The van der Waals surface area contributed by atoms with E-state index in [9.17, 15) is 0 Å². The molecule has 0 aromatic heterocycles. The van der Waals surface area contributed by atoms with Crippen LogP contribution in [0.2, 0.25) is 0 Å². The van der Waals surface area contributed by atoms with Crippen molar-refractivity contribution in [1.82, 2.24) is 4.90 Å². The summed E-state index contributed by atoms with van der Waals surface area (Å²) in [5.74, 6) is 1.39. The summed E-state index contributed by atoms with van der Waals surface area (Å²) in [5, 5.41) is 7.62. The number of nitrogen functional groups attached to an aromatic ring is 1. The number of hydrogen-bond acceptors (Lipinski definition) is 3. The SMILES string of the molecule is COc1ccc(CN(C)C(C)CC(C)C)cc1C(=N)N. The van der Waals surface area contributed by atoms with Gasteiger partial charge in [0.05, 0.1) is 12.7 Å². The van der Waals surface area contributed by atoms with E-state index in [-0.39, 0.29) is 5.84 Å². The second kappa shape index (κ2) is 7.29. The summed E-state index contributed by atoms with van der Waals surface area (Å²) in [6.45, 7) is 7.57. The summed E-state index contributed by atoms with van der Waals surface area (Å²) < 4.78 is 5.23. The van der Waals surface area contributed by atoms with Gasteiger partial charge in [-0.15, -0.1) is 0 Å². The van der Waals surface area contributed by atoms with Crippen LogP contribution in [0, 0.1) is 11.3 Å². The molecule has 1 aromatic rings. The zero-order valence-corrected chi connectivity index (χ0v) is 13.2. The van der Waals surface area contributed by atoms with Gasteiger partial charge in [-0.3, -0.25) is 10.3 Å². The van der Waals surface area contributed by atoms with Crippen LogP contribution in [0.25, 0.3) is 0 Å². The highest BCUT2D eigenvalue weighted by molar-refractivity contribution is 5.97. The number of rotatable bonds is 7. The summed E-state index contributed by atoms with van der Waals surface area (Å²) in [6, 6.07) is 6.38. The van der Waals surface area contributed by atoms with Gasteiger partial charge in [0.2, 0.25) is 0 Å². The average Bonchev–Trinajstić information content (AvgIpc) is 2.37. The van der Waals surface area contributed by atoms with Crippen molar-refractivity contribution in [2.75, 3.05) is 14.2 Å². The number of nitrogens with zero attached hydrogens (tertiary/aromatic N) is 1. The van der Waals surface area contributed by atoms with Crippen molar-refractivity contribution in [3.8, 4) is 5.75 Å². The molecule has 4 nitrogen and oxygen atoms in total. The van der Waals surface area contributed by atoms with E-state index in [1.165, 1.54) is 6.42 Å². The molecule has 3 N–H and O–H groups in total. The van der Waals surface area contributed by atoms with Gasteiger partial charge < -0.3 is 10.5 Å². The lowest BCUT2D eigenvalue weighted by Gasteiger charge is -2.26. The van der Waals surface area contributed by atoms with Crippen molar-refractivity contribution < 1.29 is 4.74 Å². The largest absolute Gasteiger partial charge is 0.496 e. The van der Waals surface area contributed by atoms with E-state index in [0.717, 1.165) is 12.1 Å². The molecule has 0 fully saturated rings. The first-order valence-electron chi connectivity index (χ1n) is 7.06. The molecule has 0 aliphatic rings. The highest BCUT2D eigenvalue weighted by atomic mass is 16.5. The lowest BCUT2D eigenvalue weighted by Crippen LogP contribution is -2.29. The Morgan fingerprint density at radius 3 is 2.50 bits per heavy atom. The summed E-state index contributed by atoms with van der Waals surface area (Å²) in [7, 11) is 3.73. The second-order valence-electron chi connectivity index (χ2n) is 5.84. The van der Waals surface area contributed by atoms with Crippen LogP contribution in [0.3, 0.4) is 0 Å². The minimum atomic E-state index is 0.0431. The van der Waals surface area contributed by atoms with Gasteiger partial charge in [-0.25, -0.2) is 0 Å². The molecule has 0 saturated heterocycles. The minimum absolute atomic E-state index is 0.0431. The number of amidine groups is 1. The molecule has 1 rings (SSSR count). The van der Waals surface area contributed by atoms with Gasteiger partial charge in [0.25, 0.3) is 0 Å². The van der Waals surface area contributed by atoms with Gasteiger partial charge in [-0.05, 0) is 44.0 Å². The number of nitrogens with one attached hydrogen (secondary N) is 1. The van der Waals surface area contributed by atoms with E-state index in [1.54, 1.807) is 7.11 Å². The number of benzene rings is 1. The van der Waals surface area contributed by atoms with Gasteiger partial charge in [0.15, 0.2) is 0 Å². The molecule has 0 spiro atoms. The molecular formula is C16H27N3O. The highest BCUT2D eigenvalue weighted by Gasteiger charge is 2.13. The van der Waals surface area contributed by atoms with Crippen molar-refractivity contribution in [3.05, 3.63) is 29.3 Å². The molecule has 0 radical (unpaired) electrons. The zero-order valence-electron chi connectivity index (χ0n) is 13.2. The van der Waals surface area contributed by atoms with E-state index in [2.05, 4.69) is 32.7 Å².